The average molecular weight is 408 g/mol. The number of piperidine rings is 1. The standard InChI is InChI=1S/C14H24N4S.HI/c1-10-5-8-18(9-6-10)14(15)16-7-4-13-11(2)17-12(3)19-13;/h10H,4-9H2,1-3H3,(H2,15,16);1H. The quantitative estimate of drug-likeness (QED) is 0.475. The Bertz CT molecular complexity index is 450. The Hall–Kier alpha value is -0.370. The molecule has 1 aliphatic rings. The summed E-state index contributed by atoms with van der Waals surface area (Å²) in [6.45, 7) is 9.29. The number of guanidine groups is 1. The van der Waals surface area contributed by atoms with Gasteiger partial charge in [0.2, 0.25) is 0 Å². The predicted octanol–water partition coefficient (Wildman–Crippen LogP) is 2.97. The normalized spacial score (nSPS) is 17.1. The van der Waals surface area contributed by atoms with E-state index in [0.717, 1.165) is 42.7 Å². The molecule has 0 bridgehead atoms. The van der Waals surface area contributed by atoms with Crippen LogP contribution in [-0.2, 0) is 6.42 Å². The third-order valence-electron chi connectivity index (χ3n) is 3.72. The number of nitrogens with zero attached hydrogens (tertiary/aromatic N) is 3. The van der Waals surface area contributed by atoms with Gasteiger partial charge in [0, 0.05) is 30.9 Å². The van der Waals surface area contributed by atoms with E-state index in [2.05, 4.69) is 28.7 Å². The summed E-state index contributed by atoms with van der Waals surface area (Å²) in [6, 6.07) is 0. The van der Waals surface area contributed by atoms with Crippen molar-refractivity contribution in [1.82, 2.24) is 9.88 Å². The van der Waals surface area contributed by atoms with Gasteiger partial charge < -0.3 is 10.6 Å². The highest BCUT2D eigenvalue weighted by molar-refractivity contribution is 14.0. The van der Waals surface area contributed by atoms with Gasteiger partial charge in [0.15, 0.2) is 5.96 Å². The van der Waals surface area contributed by atoms with Crippen LogP contribution < -0.4 is 5.73 Å². The zero-order valence-corrected chi connectivity index (χ0v) is 15.7. The number of nitrogens with two attached hydrogens (primary N) is 1. The molecule has 0 atom stereocenters. The highest BCUT2D eigenvalue weighted by atomic mass is 127. The zero-order chi connectivity index (χ0) is 13.8. The van der Waals surface area contributed by atoms with E-state index >= 15 is 0 Å². The van der Waals surface area contributed by atoms with Crippen LogP contribution in [0.25, 0.3) is 0 Å². The number of aromatic nitrogens is 1. The van der Waals surface area contributed by atoms with Crippen molar-refractivity contribution in [1.29, 1.82) is 0 Å². The van der Waals surface area contributed by atoms with Crippen molar-refractivity contribution in [2.75, 3.05) is 19.6 Å². The van der Waals surface area contributed by atoms with Crippen molar-refractivity contribution in [3.63, 3.8) is 0 Å². The van der Waals surface area contributed by atoms with E-state index in [4.69, 9.17) is 5.73 Å². The van der Waals surface area contributed by atoms with Gasteiger partial charge in [-0.3, -0.25) is 4.99 Å². The maximum atomic E-state index is 6.06. The van der Waals surface area contributed by atoms with Gasteiger partial charge >= 0.3 is 0 Å². The van der Waals surface area contributed by atoms with E-state index in [1.54, 1.807) is 11.3 Å². The molecular formula is C14H25IN4S. The summed E-state index contributed by atoms with van der Waals surface area (Å²) >= 11 is 1.77. The topological polar surface area (TPSA) is 54.5 Å². The van der Waals surface area contributed by atoms with Crippen LogP contribution in [0, 0.1) is 19.8 Å². The number of aryl methyl sites for hydroxylation is 2. The first-order valence-corrected chi connectivity index (χ1v) is 7.85. The number of likely N-dealkylation sites (tertiary alicyclic amines) is 1. The van der Waals surface area contributed by atoms with Gasteiger partial charge in [-0.15, -0.1) is 35.3 Å². The number of halogens is 1. The van der Waals surface area contributed by atoms with E-state index in [9.17, 15) is 0 Å². The Morgan fingerprint density at radius 2 is 2.05 bits per heavy atom. The van der Waals surface area contributed by atoms with Gasteiger partial charge in [-0.2, -0.15) is 0 Å². The largest absolute Gasteiger partial charge is 0.370 e. The fraction of sp³-hybridized carbons (Fsp3) is 0.714. The maximum Gasteiger partial charge on any atom is 0.191 e. The minimum Gasteiger partial charge on any atom is -0.370 e. The summed E-state index contributed by atoms with van der Waals surface area (Å²) in [5, 5.41) is 1.13. The van der Waals surface area contributed by atoms with Crippen molar-refractivity contribution in [3.05, 3.63) is 15.6 Å². The van der Waals surface area contributed by atoms with Crippen molar-refractivity contribution in [2.24, 2.45) is 16.6 Å². The van der Waals surface area contributed by atoms with Crippen LogP contribution in [0.2, 0.25) is 0 Å². The molecule has 1 aromatic heterocycles. The molecule has 0 aliphatic carbocycles. The van der Waals surface area contributed by atoms with Crippen molar-refractivity contribution in [3.8, 4) is 0 Å². The molecule has 0 spiro atoms. The molecule has 4 nitrogen and oxygen atoms in total. The summed E-state index contributed by atoms with van der Waals surface area (Å²) in [6.07, 6.45) is 3.40. The fourth-order valence-electron chi connectivity index (χ4n) is 2.42. The summed E-state index contributed by atoms with van der Waals surface area (Å²) in [4.78, 5) is 12.5. The molecule has 0 amide bonds. The van der Waals surface area contributed by atoms with Crippen molar-refractivity contribution in [2.45, 2.75) is 40.0 Å². The maximum absolute atomic E-state index is 6.06. The Morgan fingerprint density at radius 1 is 1.40 bits per heavy atom. The lowest BCUT2D eigenvalue weighted by molar-refractivity contribution is 0.277. The molecule has 2 heterocycles. The van der Waals surface area contributed by atoms with Crippen LogP contribution in [0.15, 0.2) is 4.99 Å². The molecule has 1 fully saturated rings. The van der Waals surface area contributed by atoms with Crippen LogP contribution in [-0.4, -0.2) is 35.5 Å². The summed E-state index contributed by atoms with van der Waals surface area (Å²) < 4.78 is 0. The Labute approximate surface area is 142 Å². The first-order valence-electron chi connectivity index (χ1n) is 7.04. The van der Waals surface area contributed by atoms with Gasteiger partial charge in [-0.25, -0.2) is 4.98 Å². The van der Waals surface area contributed by atoms with Gasteiger partial charge in [-0.05, 0) is 32.6 Å². The molecule has 1 aromatic rings. The number of rotatable bonds is 3. The number of hydrogen-bond donors (Lipinski definition) is 1. The molecule has 114 valence electrons. The lowest BCUT2D eigenvalue weighted by Crippen LogP contribution is -2.42. The summed E-state index contributed by atoms with van der Waals surface area (Å²) in [7, 11) is 0. The minimum absolute atomic E-state index is 0. The average Bonchev–Trinajstić information content (AvgIpc) is 2.68. The molecule has 0 aromatic carbocycles. The second kappa shape index (κ2) is 8.17. The molecule has 20 heavy (non-hydrogen) atoms. The van der Waals surface area contributed by atoms with E-state index in [-0.39, 0.29) is 24.0 Å². The van der Waals surface area contributed by atoms with Crippen LogP contribution in [0.3, 0.4) is 0 Å². The lowest BCUT2D eigenvalue weighted by atomic mass is 10.00. The zero-order valence-electron chi connectivity index (χ0n) is 12.6. The van der Waals surface area contributed by atoms with Gasteiger partial charge in [-0.1, -0.05) is 6.92 Å². The fourth-order valence-corrected chi connectivity index (χ4v) is 3.34. The van der Waals surface area contributed by atoms with Crippen molar-refractivity contribution < 1.29 is 0 Å². The monoisotopic (exact) mass is 408 g/mol. The Morgan fingerprint density at radius 3 is 2.60 bits per heavy atom. The number of thiazole rings is 1. The van der Waals surface area contributed by atoms with E-state index in [0.29, 0.717) is 5.96 Å². The number of hydrogen-bond acceptors (Lipinski definition) is 3. The van der Waals surface area contributed by atoms with E-state index < -0.39 is 0 Å². The third-order valence-corrected chi connectivity index (χ3v) is 4.85. The molecule has 0 saturated carbocycles. The first kappa shape index (κ1) is 17.7. The minimum atomic E-state index is 0. The van der Waals surface area contributed by atoms with Crippen LogP contribution in [0.5, 0.6) is 0 Å². The van der Waals surface area contributed by atoms with Gasteiger partial charge in [0.1, 0.15) is 0 Å². The molecule has 0 unspecified atom stereocenters. The highest BCUT2D eigenvalue weighted by Crippen LogP contribution is 2.18. The smallest absolute Gasteiger partial charge is 0.191 e. The summed E-state index contributed by atoms with van der Waals surface area (Å²) in [5.74, 6) is 1.54. The second-order valence-electron chi connectivity index (χ2n) is 5.40. The molecule has 2 rings (SSSR count). The Kier molecular flexibility index (Phi) is 7.22. The second-order valence-corrected chi connectivity index (χ2v) is 6.69. The summed E-state index contributed by atoms with van der Waals surface area (Å²) in [5.41, 5.74) is 7.21. The molecule has 6 heteroatoms. The third kappa shape index (κ3) is 4.87. The molecule has 1 saturated heterocycles. The van der Waals surface area contributed by atoms with E-state index in [1.807, 2.05) is 6.92 Å². The highest BCUT2D eigenvalue weighted by Gasteiger charge is 2.16. The Balaban J connectivity index is 0.00000200. The molecule has 1 aliphatic heterocycles. The predicted molar refractivity (Wildman–Crippen MR) is 97.2 cm³/mol. The van der Waals surface area contributed by atoms with Gasteiger partial charge in [0.25, 0.3) is 0 Å². The number of aliphatic imine (C=N–C) groups is 1. The van der Waals surface area contributed by atoms with Gasteiger partial charge in [0.05, 0.1) is 10.7 Å². The SMILES string of the molecule is Cc1nc(C)c(CCN=C(N)N2CCC(C)CC2)s1.I. The van der Waals surface area contributed by atoms with Crippen LogP contribution >= 0.6 is 35.3 Å². The van der Waals surface area contributed by atoms with Crippen LogP contribution in [0.1, 0.15) is 35.3 Å². The van der Waals surface area contributed by atoms with E-state index in [1.165, 1.54) is 17.7 Å². The van der Waals surface area contributed by atoms with Crippen molar-refractivity contribution >= 4 is 41.3 Å². The van der Waals surface area contributed by atoms with Crippen LogP contribution in [0.4, 0.5) is 0 Å². The molecule has 0 radical (unpaired) electrons. The molecule has 2 N–H and O–H groups in total. The first-order chi connectivity index (χ1) is 9.06. The molecular weight excluding hydrogens is 383 g/mol. The lowest BCUT2D eigenvalue weighted by Gasteiger charge is -2.31.